The molecule has 28 heavy (non-hydrogen) atoms. The van der Waals surface area contributed by atoms with Crippen molar-refractivity contribution in [3.8, 4) is 0 Å². The van der Waals surface area contributed by atoms with Crippen LogP contribution < -0.4 is 5.32 Å². The molecule has 4 heteroatoms. The first-order valence-electron chi connectivity index (χ1n) is 10.4. The first kappa shape index (κ1) is 20.5. The molecule has 0 atom stereocenters. The highest BCUT2D eigenvalue weighted by molar-refractivity contribution is 5.78. The van der Waals surface area contributed by atoms with Crippen LogP contribution in [0.3, 0.4) is 0 Å². The predicted molar refractivity (Wildman–Crippen MR) is 111 cm³/mol. The third-order valence-electron chi connectivity index (χ3n) is 5.79. The molecule has 1 aliphatic rings. The molecule has 1 aliphatic heterocycles. The van der Waals surface area contributed by atoms with Gasteiger partial charge in [0.2, 0.25) is 5.91 Å². The summed E-state index contributed by atoms with van der Waals surface area (Å²) in [5, 5.41) is 3.17. The van der Waals surface area contributed by atoms with Crippen molar-refractivity contribution in [1.29, 1.82) is 0 Å². The Morgan fingerprint density at radius 1 is 1.00 bits per heavy atom. The number of hydrogen-bond donors (Lipinski definition) is 1. The molecule has 0 saturated carbocycles. The minimum atomic E-state index is -0.199. The Labute approximate surface area is 167 Å². The van der Waals surface area contributed by atoms with Gasteiger partial charge in [-0.2, -0.15) is 0 Å². The number of piperidine rings is 1. The average Bonchev–Trinajstić information content (AvgIpc) is 2.74. The van der Waals surface area contributed by atoms with E-state index in [-0.39, 0.29) is 17.6 Å². The quantitative estimate of drug-likeness (QED) is 0.766. The molecule has 150 valence electrons. The van der Waals surface area contributed by atoms with E-state index in [1.807, 2.05) is 12.1 Å². The van der Waals surface area contributed by atoms with Crippen molar-refractivity contribution in [2.24, 2.45) is 5.92 Å². The number of hydrogen-bond acceptors (Lipinski definition) is 2. The van der Waals surface area contributed by atoms with Crippen LogP contribution in [0.15, 0.2) is 42.5 Å². The Kier molecular flexibility index (Phi) is 7.21. The maximum Gasteiger partial charge on any atom is 0.223 e. The zero-order chi connectivity index (χ0) is 19.9. The van der Waals surface area contributed by atoms with Gasteiger partial charge in [0.15, 0.2) is 0 Å². The summed E-state index contributed by atoms with van der Waals surface area (Å²) in [4.78, 5) is 15.0. The van der Waals surface area contributed by atoms with Gasteiger partial charge in [0.05, 0.1) is 0 Å². The summed E-state index contributed by atoms with van der Waals surface area (Å²) in [6.07, 6.45) is 3.75. The fraction of sp³-hybridized carbons (Fsp3) is 0.458. The van der Waals surface area contributed by atoms with Crippen molar-refractivity contribution in [1.82, 2.24) is 10.2 Å². The first-order valence-corrected chi connectivity index (χ1v) is 10.4. The van der Waals surface area contributed by atoms with Gasteiger partial charge in [-0.15, -0.1) is 0 Å². The van der Waals surface area contributed by atoms with Crippen LogP contribution in [0.5, 0.6) is 0 Å². The topological polar surface area (TPSA) is 32.3 Å². The summed E-state index contributed by atoms with van der Waals surface area (Å²) in [5.41, 5.74) is 4.98. The number of nitrogens with one attached hydrogen (secondary N) is 1. The molecule has 1 saturated heterocycles. The second-order valence-corrected chi connectivity index (χ2v) is 7.70. The fourth-order valence-corrected chi connectivity index (χ4v) is 3.94. The van der Waals surface area contributed by atoms with E-state index in [4.69, 9.17) is 0 Å². The second-order valence-electron chi connectivity index (χ2n) is 7.70. The lowest BCUT2D eigenvalue weighted by molar-refractivity contribution is -0.126. The maximum atomic E-state index is 13.0. The summed E-state index contributed by atoms with van der Waals surface area (Å²) < 4.78 is 13.0. The normalized spacial score (nSPS) is 15.5. The van der Waals surface area contributed by atoms with Crippen molar-refractivity contribution in [2.45, 2.75) is 52.6 Å². The summed E-state index contributed by atoms with van der Waals surface area (Å²) in [5.74, 6) is 0.0594. The molecule has 1 fully saturated rings. The van der Waals surface area contributed by atoms with Gasteiger partial charge in [-0.25, -0.2) is 4.39 Å². The molecule has 3 nitrogen and oxygen atoms in total. The number of carbonyl (C=O) groups excluding carboxylic acids is 1. The van der Waals surface area contributed by atoms with Crippen molar-refractivity contribution >= 4 is 5.91 Å². The Bertz CT molecular complexity index is 780. The van der Waals surface area contributed by atoms with E-state index in [9.17, 15) is 9.18 Å². The van der Waals surface area contributed by atoms with Crippen LogP contribution in [0.4, 0.5) is 4.39 Å². The van der Waals surface area contributed by atoms with E-state index in [2.05, 4.69) is 42.3 Å². The van der Waals surface area contributed by atoms with Gasteiger partial charge >= 0.3 is 0 Å². The molecule has 1 N–H and O–H groups in total. The average molecular weight is 383 g/mol. The Hall–Kier alpha value is -2.20. The Morgan fingerprint density at radius 3 is 2.32 bits per heavy atom. The number of benzene rings is 2. The SMILES string of the molecule is CCc1ccc(CC)c(CNC(=O)C2CCN(Cc3ccc(F)cc3)CC2)c1. The van der Waals surface area contributed by atoms with E-state index in [1.54, 1.807) is 0 Å². The molecular weight excluding hydrogens is 351 g/mol. The summed E-state index contributed by atoms with van der Waals surface area (Å²) in [7, 11) is 0. The largest absolute Gasteiger partial charge is 0.352 e. The van der Waals surface area contributed by atoms with Gasteiger partial charge in [0, 0.05) is 19.0 Å². The molecule has 0 radical (unpaired) electrons. The summed E-state index contributed by atoms with van der Waals surface area (Å²) >= 11 is 0. The standard InChI is InChI=1S/C24H31FN2O/c1-3-18-5-8-20(4-2)22(15-18)16-26-24(28)21-11-13-27(14-12-21)17-19-6-9-23(25)10-7-19/h5-10,15,21H,3-4,11-14,16-17H2,1-2H3,(H,26,28). The van der Waals surface area contributed by atoms with E-state index >= 15 is 0 Å². The lowest BCUT2D eigenvalue weighted by Crippen LogP contribution is -2.40. The molecule has 3 rings (SSSR count). The van der Waals surface area contributed by atoms with Gasteiger partial charge in [0.25, 0.3) is 0 Å². The smallest absolute Gasteiger partial charge is 0.223 e. The lowest BCUT2D eigenvalue weighted by Gasteiger charge is -2.31. The number of amides is 1. The van der Waals surface area contributed by atoms with Crippen molar-refractivity contribution in [3.05, 3.63) is 70.5 Å². The number of aryl methyl sites for hydroxylation is 2. The molecular formula is C24H31FN2O. The third kappa shape index (κ3) is 5.41. The second kappa shape index (κ2) is 9.83. The minimum Gasteiger partial charge on any atom is -0.352 e. The van der Waals surface area contributed by atoms with E-state index < -0.39 is 0 Å². The number of nitrogens with zero attached hydrogens (tertiary/aromatic N) is 1. The van der Waals surface area contributed by atoms with Crippen LogP contribution >= 0.6 is 0 Å². The zero-order valence-corrected chi connectivity index (χ0v) is 17.0. The maximum absolute atomic E-state index is 13.0. The highest BCUT2D eigenvalue weighted by Gasteiger charge is 2.24. The zero-order valence-electron chi connectivity index (χ0n) is 17.0. The van der Waals surface area contributed by atoms with Gasteiger partial charge in [0.1, 0.15) is 5.82 Å². The highest BCUT2D eigenvalue weighted by Crippen LogP contribution is 2.20. The molecule has 2 aromatic rings. The number of likely N-dealkylation sites (tertiary alicyclic amines) is 1. The Balaban J connectivity index is 1.48. The molecule has 0 aliphatic carbocycles. The van der Waals surface area contributed by atoms with Crippen LogP contribution in [0.2, 0.25) is 0 Å². The third-order valence-corrected chi connectivity index (χ3v) is 5.79. The summed E-state index contributed by atoms with van der Waals surface area (Å²) in [6, 6.07) is 13.3. The molecule has 1 amide bonds. The van der Waals surface area contributed by atoms with Crippen molar-refractivity contribution in [3.63, 3.8) is 0 Å². The molecule has 1 heterocycles. The molecule has 0 aromatic heterocycles. The number of rotatable bonds is 7. The monoisotopic (exact) mass is 382 g/mol. The van der Waals surface area contributed by atoms with Crippen LogP contribution in [0.25, 0.3) is 0 Å². The van der Waals surface area contributed by atoms with E-state index in [0.29, 0.717) is 6.54 Å². The minimum absolute atomic E-state index is 0.0869. The summed E-state index contributed by atoms with van der Waals surface area (Å²) in [6.45, 7) is 7.55. The molecule has 0 bridgehead atoms. The van der Waals surface area contributed by atoms with Crippen molar-refractivity contribution in [2.75, 3.05) is 13.1 Å². The van der Waals surface area contributed by atoms with Gasteiger partial charge in [-0.05, 0) is 73.2 Å². The molecule has 0 spiro atoms. The Morgan fingerprint density at radius 2 is 1.68 bits per heavy atom. The first-order chi connectivity index (χ1) is 13.6. The van der Waals surface area contributed by atoms with Gasteiger partial charge in [-0.3, -0.25) is 9.69 Å². The number of carbonyl (C=O) groups is 1. The lowest BCUT2D eigenvalue weighted by atomic mass is 9.95. The van der Waals surface area contributed by atoms with Crippen LogP contribution in [-0.4, -0.2) is 23.9 Å². The molecule has 2 aromatic carbocycles. The highest BCUT2D eigenvalue weighted by atomic mass is 19.1. The predicted octanol–water partition coefficient (Wildman–Crippen LogP) is 4.48. The van der Waals surface area contributed by atoms with Crippen LogP contribution in [0.1, 0.15) is 48.9 Å². The van der Waals surface area contributed by atoms with E-state index in [1.165, 1.54) is 28.8 Å². The fourth-order valence-electron chi connectivity index (χ4n) is 3.94. The van der Waals surface area contributed by atoms with Crippen LogP contribution in [0, 0.1) is 11.7 Å². The number of halogens is 1. The van der Waals surface area contributed by atoms with E-state index in [0.717, 1.165) is 50.9 Å². The van der Waals surface area contributed by atoms with Crippen molar-refractivity contribution < 1.29 is 9.18 Å². The van der Waals surface area contributed by atoms with Gasteiger partial charge in [-0.1, -0.05) is 44.2 Å². The van der Waals surface area contributed by atoms with Gasteiger partial charge < -0.3 is 5.32 Å². The molecule has 0 unspecified atom stereocenters. The van der Waals surface area contributed by atoms with Crippen LogP contribution in [-0.2, 0) is 30.7 Å².